The van der Waals surface area contributed by atoms with Crippen LogP contribution in [0.2, 0.25) is 0 Å². The summed E-state index contributed by atoms with van der Waals surface area (Å²) < 4.78 is 0. The van der Waals surface area contributed by atoms with E-state index in [1.807, 2.05) is 0 Å². The van der Waals surface area contributed by atoms with Crippen LogP contribution in [-0.2, 0) is 0 Å². The molecule has 0 saturated heterocycles. The standard InChI is InChI=1S/C8H18N/c1-5-8(9,6-2)7(3)4/h7H,1,5-6,9H2,2-4H3/t8-/m1/s1. The molecule has 0 aromatic rings. The first-order valence-electron chi connectivity index (χ1n) is 3.65. The Morgan fingerprint density at radius 1 is 1.56 bits per heavy atom. The van der Waals surface area contributed by atoms with Gasteiger partial charge in [-0.2, -0.15) is 0 Å². The van der Waals surface area contributed by atoms with Crippen molar-refractivity contribution in [3.05, 3.63) is 6.92 Å². The second kappa shape index (κ2) is 3.21. The third-order valence-corrected chi connectivity index (χ3v) is 2.27. The van der Waals surface area contributed by atoms with Crippen molar-refractivity contribution in [3.8, 4) is 0 Å². The SMILES string of the molecule is [CH2]C[C@@](N)(CC)C(C)C. The van der Waals surface area contributed by atoms with Crippen LogP contribution in [0.15, 0.2) is 0 Å². The van der Waals surface area contributed by atoms with Crippen LogP contribution < -0.4 is 5.73 Å². The molecule has 0 aliphatic carbocycles. The molecule has 0 unspecified atom stereocenters. The van der Waals surface area contributed by atoms with Crippen molar-refractivity contribution in [2.24, 2.45) is 11.7 Å². The fourth-order valence-electron chi connectivity index (χ4n) is 0.874. The first-order valence-corrected chi connectivity index (χ1v) is 3.65. The van der Waals surface area contributed by atoms with Gasteiger partial charge in [0.2, 0.25) is 0 Å². The largest absolute Gasteiger partial charge is 0.325 e. The van der Waals surface area contributed by atoms with Gasteiger partial charge in [0.15, 0.2) is 0 Å². The highest BCUT2D eigenvalue weighted by Crippen LogP contribution is 2.20. The minimum Gasteiger partial charge on any atom is -0.325 e. The van der Waals surface area contributed by atoms with Gasteiger partial charge in [0.1, 0.15) is 0 Å². The lowest BCUT2D eigenvalue weighted by Gasteiger charge is -2.30. The van der Waals surface area contributed by atoms with E-state index in [0.717, 1.165) is 12.8 Å². The highest BCUT2D eigenvalue weighted by molar-refractivity contribution is 4.86. The number of rotatable bonds is 3. The average Bonchev–Trinajstić information content (AvgIpc) is 1.86. The zero-order valence-corrected chi connectivity index (χ0v) is 6.78. The minimum absolute atomic E-state index is 0.0278. The van der Waals surface area contributed by atoms with Crippen LogP contribution in [0.25, 0.3) is 0 Å². The fraction of sp³-hybridized carbons (Fsp3) is 0.875. The maximum atomic E-state index is 5.98. The van der Waals surface area contributed by atoms with Crippen LogP contribution in [0.3, 0.4) is 0 Å². The zero-order valence-electron chi connectivity index (χ0n) is 6.78. The van der Waals surface area contributed by atoms with Crippen molar-refractivity contribution in [1.82, 2.24) is 0 Å². The van der Waals surface area contributed by atoms with E-state index in [1.54, 1.807) is 0 Å². The van der Waals surface area contributed by atoms with E-state index >= 15 is 0 Å². The Morgan fingerprint density at radius 2 is 2.00 bits per heavy atom. The van der Waals surface area contributed by atoms with Crippen LogP contribution in [0.5, 0.6) is 0 Å². The molecule has 0 rings (SSSR count). The Hall–Kier alpha value is -0.0400. The maximum Gasteiger partial charge on any atom is 0.0174 e. The molecule has 0 bridgehead atoms. The lowest BCUT2D eigenvalue weighted by atomic mass is 9.83. The second-order valence-electron chi connectivity index (χ2n) is 2.99. The molecule has 0 fully saturated rings. The summed E-state index contributed by atoms with van der Waals surface area (Å²) in [7, 11) is 0. The summed E-state index contributed by atoms with van der Waals surface area (Å²) >= 11 is 0. The molecule has 0 aliphatic heterocycles. The summed E-state index contributed by atoms with van der Waals surface area (Å²) in [5, 5.41) is 0. The molecule has 1 heteroatoms. The summed E-state index contributed by atoms with van der Waals surface area (Å²) in [6.07, 6.45) is 1.86. The van der Waals surface area contributed by atoms with Crippen LogP contribution in [0.4, 0.5) is 0 Å². The molecule has 0 amide bonds. The Labute approximate surface area is 58.6 Å². The van der Waals surface area contributed by atoms with Gasteiger partial charge in [-0.25, -0.2) is 0 Å². The van der Waals surface area contributed by atoms with Gasteiger partial charge in [0.25, 0.3) is 0 Å². The van der Waals surface area contributed by atoms with Crippen LogP contribution in [-0.4, -0.2) is 5.54 Å². The predicted octanol–water partition coefficient (Wildman–Crippen LogP) is 1.97. The number of nitrogens with two attached hydrogens (primary N) is 1. The maximum absolute atomic E-state index is 5.98. The van der Waals surface area contributed by atoms with Crippen LogP contribution >= 0.6 is 0 Å². The highest BCUT2D eigenvalue weighted by atomic mass is 14.7. The summed E-state index contributed by atoms with van der Waals surface area (Å²) in [5.74, 6) is 0.542. The number of hydrogen-bond acceptors (Lipinski definition) is 1. The highest BCUT2D eigenvalue weighted by Gasteiger charge is 2.23. The van der Waals surface area contributed by atoms with Crippen molar-refractivity contribution in [3.63, 3.8) is 0 Å². The van der Waals surface area contributed by atoms with Gasteiger partial charge >= 0.3 is 0 Å². The molecule has 1 atom stereocenters. The van der Waals surface area contributed by atoms with Crippen molar-refractivity contribution >= 4 is 0 Å². The van der Waals surface area contributed by atoms with E-state index in [-0.39, 0.29) is 5.54 Å². The van der Waals surface area contributed by atoms with Gasteiger partial charge in [-0.05, 0) is 18.8 Å². The second-order valence-corrected chi connectivity index (χ2v) is 2.99. The third-order valence-electron chi connectivity index (χ3n) is 2.27. The minimum atomic E-state index is -0.0278. The molecule has 1 nitrogen and oxygen atoms in total. The molecule has 55 valence electrons. The Balaban J connectivity index is 3.92. The van der Waals surface area contributed by atoms with Crippen LogP contribution in [0.1, 0.15) is 33.6 Å². The lowest BCUT2D eigenvalue weighted by Crippen LogP contribution is -2.43. The predicted molar refractivity (Wildman–Crippen MR) is 42.0 cm³/mol. The van der Waals surface area contributed by atoms with Gasteiger partial charge < -0.3 is 5.73 Å². The van der Waals surface area contributed by atoms with E-state index in [0.29, 0.717) is 5.92 Å². The molecule has 0 aliphatic rings. The Kier molecular flexibility index (Phi) is 3.20. The van der Waals surface area contributed by atoms with E-state index in [4.69, 9.17) is 5.73 Å². The Bertz CT molecular complexity index is 72.6. The van der Waals surface area contributed by atoms with Gasteiger partial charge in [-0.1, -0.05) is 27.7 Å². The molecule has 9 heavy (non-hydrogen) atoms. The van der Waals surface area contributed by atoms with Gasteiger partial charge in [0.05, 0.1) is 0 Å². The van der Waals surface area contributed by atoms with Gasteiger partial charge in [0, 0.05) is 5.54 Å². The van der Waals surface area contributed by atoms with Crippen molar-refractivity contribution in [1.29, 1.82) is 0 Å². The molecule has 2 N–H and O–H groups in total. The molecule has 0 spiro atoms. The summed E-state index contributed by atoms with van der Waals surface area (Å²) in [6.45, 7) is 10.2. The molecular weight excluding hydrogens is 110 g/mol. The van der Waals surface area contributed by atoms with E-state index in [9.17, 15) is 0 Å². The first kappa shape index (κ1) is 8.96. The van der Waals surface area contributed by atoms with Crippen LogP contribution in [0, 0.1) is 12.8 Å². The fourth-order valence-corrected chi connectivity index (χ4v) is 0.874. The Morgan fingerprint density at radius 3 is 2.00 bits per heavy atom. The zero-order chi connectivity index (χ0) is 7.49. The van der Waals surface area contributed by atoms with E-state index in [1.165, 1.54) is 0 Å². The number of hydrogen-bond donors (Lipinski definition) is 1. The monoisotopic (exact) mass is 128 g/mol. The molecular formula is C8H18N. The first-order chi connectivity index (χ1) is 4.06. The van der Waals surface area contributed by atoms with E-state index < -0.39 is 0 Å². The normalized spacial score (nSPS) is 12.7. The van der Waals surface area contributed by atoms with Gasteiger partial charge in [-0.3, -0.25) is 0 Å². The average molecular weight is 128 g/mol. The van der Waals surface area contributed by atoms with E-state index in [2.05, 4.69) is 27.7 Å². The molecule has 0 aromatic heterocycles. The smallest absolute Gasteiger partial charge is 0.0174 e. The van der Waals surface area contributed by atoms with Crippen molar-refractivity contribution in [2.75, 3.05) is 0 Å². The summed E-state index contributed by atoms with van der Waals surface area (Å²) in [5.41, 5.74) is 5.95. The summed E-state index contributed by atoms with van der Waals surface area (Å²) in [6, 6.07) is 0. The summed E-state index contributed by atoms with van der Waals surface area (Å²) in [4.78, 5) is 0. The van der Waals surface area contributed by atoms with Gasteiger partial charge in [-0.15, -0.1) is 0 Å². The topological polar surface area (TPSA) is 26.0 Å². The third kappa shape index (κ3) is 1.98. The quantitative estimate of drug-likeness (QED) is 0.618. The molecule has 1 radical (unpaired) electrons. The molecule has 0 aromatic carbocycles. The van der Waals surface area contributed by atoms with Crippen molar-refractivity contribution in [2.45, 2.75) is 39.2 Å². The van der Waals surface area contributed by atoms with Crippen molar-refractivity contribution < 1.29 is 0 Å². The lowest BCUT2D eigenvalue weighted by molar-refractivity contribution is 0.300. The molecule has 0 saturated carbocycles. The molecule has 0 heterocycles.